The Bertz CT molecular complexity index is 1360. The number of nitrogens with two attached hydrogens (primary N) is 1. The normalized spacial score (nSPS) is 22.1. The van der Waals surface area contributed by atoms with Crippen molar-refractivity contribution in [3.8, 4) is 5.75 Å². The number of rotatable bonds is 13. The Kier molecular flexibility index (Phi) is 9.44. The number of aromatic nitrogens is 3. The molecule has 3 unspecified atom stereocenters. The zero-order chi connectivity index (χ0) is 29.1. The van der Waals surface area contributed by atoms with Gasteiger partial charge in [-0.2, -0.15) is 14.8 Å². The third-order valence-corrected chi connectivity index (χ3v) is 8.69. The molecule has 0 radical (unpaired) electrons. The van der Waals surface area contributed by atoms with Crippen LogP contribution in [0.3, 0.4) is 0 Å². The summed E-state index contributed by atoms with van der Waals surface area (Å²) >= 11 is 7.46. The standard InChI is InChI=1S/C26H35ClN7O5PS/c1-15(2)37-24(35)26(10-11-26)32-40(39-18-7-5-17(27)6-8-18)36-14-19-13-16(3)23(38-19)34-12-9-20-21(31-33-41-4)29-25(28)30-22(20)34/h5-9,12,15-16,19,23,32-33H,10-11,13-14H2,1-4H3,(H3,28,29,30,31)/t16?,19?,23-,40?/m1/s1. The second-order valence-electron chi connectivity index (χ2n) is 10.4. The third kappa shape index (κ3) is 7.16. The average Bonchev–Trinajstić information content (AvgIpc) is 3.45. The van der Waals surface area contributed by atoms with Crippen LogP contribution in [0.2, 0.25) is 5.02 Å². The molecule has 15 heteroatoms. The van der Waals surface area contributed by atoms with Crippen LogP contribution < -0.4 is 25.6 Å². The van der Waals surface area contributed by atoms with Crippen LogP contribution >= 0.6 is 32.1 Å². The van der Waals surface area contributed by atoms with Gasteiger partial charge in [0.1, 0.15) is 23.2 Å². The smallest absolute Gasteiger partial charge is 0.327 e. The quantitative estimate of drug-likeness (QED) is 0.0860. The van der Waals surface area contributed by atoms with E-state index in [1.54, 1.807) is 24.3 Å². The number of fused-ring (bicyclic) bond motifs is 1. The molecule has 222 valence electrons. The van der Waals surface area contributed by atoms with E-state index in [0.717, 1.165) is 11.8 Å². The molecule has 3 heterocycles. The highest BCUT2D eigenvalue weighted by atomic mass is 35.5. The lowest BCUT2D eigenvalue weighted by Crippen LogP contribution is -2.40. The third-order valence-electron chi connectivity index (χ3n) is 6.76. The van der Waals surface area contributed by atoms with Gasteiger partial charge in [0.25, 0.3) is 0 Å². The predicted molar refractivity (Wildman–Crippen MR) is 161 cm³/mol. The number of benzene rings is 1. The van der Waals surface area contributed by atoms with E-state index < -0.39 is 14.1 Å². The number of carbonyl (C=O) groups is 1. The van der Waals surface area contributed by atoms with E-state index in [1.165, 1.54) is 11.9 Å². The van der Waals surface area contributed by atoms with E-state index in [2.05, 4.69) is 32.2 Å². The van der Waals surface area contributed by atoms with E-state index in [4.69, 9.17) is 35.9 Å². The maximum absolute atomic E-state index is 12.8. The molecule has 2 aromatic heterocycles. The van der Waals surface area contributed by atoms with Crippen molar-refractivity contribution in [1.29, 1.82) is 0 Å². The lowest BCUT2D eigenvalue weighted by Gasteiger charge is -2.25. The molecule has 2 fully saturated rings. The Labute approximate surface area is 249 Å². The van der Waals surface area contributed by atoms with Crippen molar-refractivity contribution in [3.05, 3.63) is 41.6 Å². The SMILES string of the molecule is CSNNc1nc(N)nc2c1ccn2[C@@H]1OC(COP(NC2(C(=O)OC(C)C)CC2)Oc2ccc(Cl)cc2)CC1C. The topological polar surface area (TPSA) is 147 Å². The first-order chi connectivity index (χ1) is 19.7. The average molecular weight is 624 g/mol. The molecule has 1 aromatic carbocycles. The fraction of sp³-hybridized carbons (Fsp3) is 0.500. The Morgan fingerprint density at radius 1 is 1.29 bits per heavy atom. The van der Waals surface area contributed by atoms with Crippen LogP contribution in [0.25, 0.3) is 11.0 Å². The number of nitrogen functional groups attached to an aromatic ring is 1. The minimum absolute atomic E-state index is 0.162. The minimum Gasteiger partial charge on any atom is -0.462 e. The number of nitrogens with zero attached hydrogens (tertiary/aromatic N) is 3. The van der Waals surface area contributed by atoms with Crippen molar-refractivity contribution in [2.75, 3.05) is 24.0 Å². The lowest BCUT2D eigenvalue weighted by atomic mass is 10.1. The summed E-state index contributed by atoms with van der Waals surface area (Å²) in [6, 6.07) is 8.95. The number of hydrogen-bond donors (Lipinski definition) is 4. The van der Waals surface area contributed by atoms with Gasteiger partial charge in [0.15, 0.2) is 5.82 Å². The molecule has 2 aliphatic rings. The van der Waals surface area contributed by atoms with E-state index in [9.17, 15) is 4.79 Å². The van der Waals surface area contributed by atoms with Crippen molar-refractivity contribution >= 4 is 60.8 Å². The molecule has 41 heavy (non-hydrogen) atoms. The highest BCUT2D eigenvalue weighted by Gasteiger charge is 2.54. The van der Waals surface area contributed by atoms with Crippen molar-refractivity contribution < 1.29 is 23.3 Å². The summed E-state index contributed by atoms with van der Waals surface area (Å²) in [5.41, 5.74) is 8.93. The van der Waals surface area contributed by atoms with E-state index >= 15 is 0 Å². The van der Waals surface area contributed by atoms with E-state index in [0.29, 0.717) is 35.1 Å². The fourth-order valence-corrected chi connectivity index (χ4v) is 6.39. The molecule has 5 N–H and O–H groups in total. The van der Waals surface area contributed by atoms with Crippen LogP contribution in [0.1, 0.15) is 46.3 Å². The maximum atomic E-state index is 12.8. The summed E-state index contributed by atoms with van der Waals surface area (Å²) in [5.74, 6) is 1.21. The first kappa shape index (κ1) is 30.1. The zero-order valence-electron chi connectivity index (χ0n) is 23.3. The molecular weight excluding hydrogens is 589 g/mol. The highest BCUT2D eigenvalue weighted by Crippen LogP contribution is 2.48. The number of anilines is 2. The summed E-state index contributed by atoms with van der Waals surface area (Å²) in [7, 11) is -1.70. The summed E-state index contributed by atoms with van der Waals surface area (Å²) in [5, 5.41) is 4.73. The zero-order valence-corrected chi connectivity index (χ0v) is 25.8. The van der Waals surface area contributed by atoms with Gasteiger partial charge in [-0.25, -0.2) is 5.09 Å². The molecular formula is C26H35ClN7O5PS. The second kappa shape index (κ2) is 12.9. The molecule has 5 rings (SSSR count). The summed E-state index contributed by atoms with van der Waals surface area (Å²) in [6.07, 6.45) is 5.20. The summed E-state index contributed by atoms with van der Waals surface area (Å²) in [6.45, 7) is 6.06. The van der Waals surface area contributed by atoms with Crippen LogP contribution in [0.4, 0.5) is 11.8 Å². The van der Waals surface area contributed by atoms with Gasteiger partial charge in [-0.15, -0.1) is 0 Å². The molecule has 1 aliphatic carbocycles. The van der Waals surface area contributed by atoms with Crippen LogP contribution in [-0.4, -0.2) is 51.1 Å². The van der Waals surface area contributed by atoms with E-state index in [-0.39, 0.29) is 42.9 Å². The van der Waals surface area contributed by atoms with Gasteiger partial charge in [-0.05, 0) is 69.7 Å². The minimum atomic E-state index is -1.70. The highest BCUT2D eigenvalue weighted by molar-refractivity contribution is 7.96. The Hall–Kier alpha value is -2.38. The van der Waals surface area contributed by atoms with Gasteiger partial charge >= 0.3 is 14.5 Å². The van der Waals surface area contributed by atoms with Crippen molar-refractivity contribution in [3.63, 3.8) is 0 Å². The summed E-state index contributed by atoms with van der Waals surface area (Å²) < 4.78 is 26.4. The van der Waals surface area contributed by atoms with Crippen molar-refractivity contribution in [2.45, 2.75) is 64.0 Å². The first-order valence-corrected chi connectivity index (χ1v) is 16.1. The van der Waals surface area contributed by atoms with Gasteiger partial charge in [0.2, 0.25) is 5.95 Å². The number of esters is 1. The molecule has 0 spiro atoms. The number of halogens is 1. The van der Waals surface area contributed by atoms with Crippen molar-refractivity contribution in [2.24, 2.45) is 5.92 Å². The van der Waals surface area contributed by atoms with Crippen molar-refractivity contribution in [1.82, 2.24) is 24.5 Å². The Morgan fingerprint density at radius 2 is 2.05 bits per heavy atom. The summed E-state index contributed by atoms with van der Waals surface area (Å²) in [4.78, 5) is 24.6. The van der Waals surface area contributed by atoms with Crippen LogP contribution in [0, 0.1) is 5.92 Å². The predicted octanol–water partition coefficient (Wildman–Crippen LogP) is 5.18. The van der Waals surface area contributed by atoms with Crippen LogP contribution in [-0.2, 0) is 18.8 Å². The van der Waals surface area contributed by atoms with Gasteiger partial charge in [-0.3, -0.25) is 10.2 Å². The number of ether oxygens (including phenoxy) is 2. The monoisotopic (exact) mass is 623 g/mol. The van der Waals surface area contributed by atoms with Gasteiger partial charge in [0.05, 0.1) is 24.2 Å². The van der Waals surface area contributed by atoms with Gasteiger partial charge in [-0.1, -0.05) is 30.5 Å². The number of nitrogens with one attached hydrogen (secondary N) is 3. The molecule has 0 bridgehead atoms. The molecule has 1 saturated carbocycles. The largest absolute Gasteiger partial charge is 0.462 e. The van der Waals surface area contributed by atoms with Crippen LogP contribution in [0.15, 0.2) is 36.5 Å². The van der Waals surface area contributed by atoms with Crippen LogP contribution in [0.5, 0.6) is 5.75 Å². The Balaban J connectivity index is 1.28. The first-order valence-electron chi connectivity index (χ1n) is 13.4. The second-order valence-corrected chi connectivity index (χ2v) is 12.7. The molecule has 4 atom stereocenters. The molecule has 1 saturated heterocycles. The molecule has 12 nitrogen and oxygen atoms in total. The number of carbonyl (C=O) groups excluding carboxylic acids is 1. The molecule has 3 aromatic rings. The number of hydrogen-bond acceptors (Lipinski definition) is 12. The molecule has 0 amide bonds. The fourth-order valence-electron chi connectivity index (χ4n) is 4.63. The lowest BCUT2D eigenvalue weighted by molar-refractivity contribution is -0.150. The molecule has 1 aliphatic heterocycles. The van der Waals surface area contributed by atoms with E-state index in [1.807, 2.05) is 36.9 Å². The number of hydrazine groups is 1. The Morgan fingerprint density at radius 3 is 2.73 bits per heavy atom. The maximum Gasteiger partial charge on any atom is 0.327 e. The van der Waals surface area contributed by atoms with Gasteiger partial charge < -0.3 is 28.8 Å². The van der Waals surface area contributed by atoms with Gasteiger partial charge in [0, 0.05) is 17.1 Å².